The van der Waals surface area contributed by atoms with Crippen LogP contribution in [0.4, 0.5) is 5.69 Å². The molecule has 0 aliphatic heterocycles. The van der Waals surface area contributed by atoms with Crippen LogP contribution in [0.5, 0.6) is 0 Å². The highest BCUT2D eigenvalue weighted by Gasteiger charge is 2.21. The largest absolute Gasteiger partial charge is 0.381 e. The molecule has 2 nitrogen and oxygen atoms in total. The van der Waals surface area contributed by atoms with E-state index < -0.39 is 0 Å². The van der Waals surface area contributed by atoms with E-state index in [-0.39, 0.29) is 0 Å². The quantitative estimate of drug-likeness (QED) is 0.777. The molecular formula is C13H20N2. The summed E-state index contributed by atoms with van der Waals surface area (Å²) >= 11 is 0. The molecule has 82 valence electrons. The van der Waals surface area contributed by atoms with Gasteiger partial charge < -0.3 is 11.1 Å². The second-order valence-electron chi connectivity index (χ2n) is 4.51. The maximum Gasteiger partial charge on any atom is 0.0412 e. The molecule has 3 N–H and O–H groups in total. The third-order valence-electron chi connectivity index (χ3n) is 3.31. The van der Waals surface area contributed by atoms with Crippen molar-refractivity contribution in [1.82, 2.24) is 0 Å². The highest BCUT2D eigenvalue weighted by atomic mass is 15.0. The maximum absolute atomic E-state index is 6.11. The van der Waals surface area contributed by atoms with Gasteiger partial charge in [-0.25, -0.2) is 0 Å². The van der Waals surface area contributed by atoms with Crippen LogP contribution >= 0.6 is 0 Å². The van der Waals surface area contributed by atoms with Crippen molar-refractivity contribution < 1.29 is 0 Å². The Balaban J connectivity index is 2.04. The SMILES string of the molecule is Cc1ccccc1N[C@@H]1CCCC[C@@H]1N. The number of benzene rings is 1. The Morgan fingerprint density at radius 1 is 1.20 bits per heavy atom. The first kappa shape index (κ1) is 10.5. The molecule has 0 unspecified atom stereocenters. The van der Waals surface area contributed by atoms with Crippen LogP contribution in [-0.2, 0) is 0 Å². The highest BCUT2D eigenvalue weighted by molar-refractivity contribution is 5.51. The van der Waals surface area contributed by atoms with Crippen LogP contribution in [0.2, 0.25) is 0 Å². The average Bonchev–Trinajstić information content (AvgIpc) is 2.24. The van der Waals surface area contributed by atoms with Crippen LogP contribution in [0.25, 0.3) is 0 Å². The first-order valence-electron chi connectivity index (χ1n) is 5.85. The van der Waals surface area contributed by atoms with Crippen molar-refractivity contribution in [3.8, 4) is 0 Å². The number of nitrogens with one attached hydrogen (secondary N) is 1. The zero-order chi connectivity index (χ0) is 10.7. The van der Waals surface area contributed by atoms with Gasteiger partial charge >= 0.3 is 0 Å². The van der Waals surface area contributed by atoms with Crippen molar-refractivity contribution in [1.29, 1.82) is 0 Å². The normalized spacial score (nSPS) is 26.3. The number of anilines is 1. The summed E-state index contributed by atoms with van der Waals surface area (Å²) in [7, 11) is 0. The lowest BCUT2D eigenvalue weighted by atomic mass is 9.90. The van der Waals surface area contributed by atoms with Crippen LogP contribution < -0.4 is 11.1 Å². The van der Waals surface area contributed by atoms with Crippen molar-refractivity contribution in [2.75, 3.05) is 5.32 Å². The third-order valence-corrected chi connectivity index (χ3v) is 3.31. The van der Waals surface area contributed by atoms with Crippen molar-refractivity contribution in [2.45, 2.75) is 44.7 Å². The van der Waals surface area contributed by atoms with Gasteiger partial charge in [-0.1, -0.05) is 31.0 Å². The van der Waals surface area contributed by atoms with Gasteiger partial charge in [-0.15, -0.1) is 0 Å². The molecule has 1 fully saturated rings. The molecule has 0 saturated heterocycles. The Morgan fingerprint density at radius 3 is 2.67 bits per heavy atom. The van der Waals surface area contributed by atoms with Crippen LogP contribution in [0.15, 0.2) is 24.3 Å². The number of para-hydroxylation sites is 1. The third kappa shape index (κ3) is 2.51. The fourth-order valence-electron chi connectivity index (χ4n) is 2.27. The summed E-state index contributed by atoms with van der Waals surface area (Å²) in [6, 6.07) is 9.19. The zero-order valence-electron chi connectivity index (χ0n) is 9.37. The smallest absolute Gasteiger partial charge is 0.0412 e. The summed E-state index contributed by atoms with van der Waals surface area (Å²) in [5, 5.41) is 3.57. The number of hydrogen-bond acceptors (Lipinski definition) is 2. The highest BCUT2D eigenvalue weighted by Crippen LogP contribution is 2.22. The Morgan fingerprint density at radius 2 is 1.93 bits per heavy atom. The molecule has 0 amide bonds. The summed E-state index contributed by atoms with van der Waals surface area (Å²) in [5.41, 5.74) is 8.65. The van der Waals surface area contributed by atoms with E-state index in [9.17, 15) is 0 Å². The molecule has 2 rings (SSSR count). The number of aryl methyl sites for hydroxylation is 1. The summed E-state index contributed by atoms with van der Waals surface area (Å²) in [6.07, 6.45) is 4.95. The van der Waals surface area contributed by atoms with Gasteiger partial charge in [0.2, 0.25) is 0 Å². The van der Waals surface area contributed by atoms with Gasteiger partial charge in [0.25, 0.3) is 0 Å². The monoisotopic (exact) mass is 204 g/mol. The summed E-state index contributed by atoms with van der Waals surface area (Å²) < 4.78 is 0. The van der Waals surface area contributed by atoms with Crippen LogP contribution in [0.1, 0.15) is 31.2 Å². The fourth-order valence-corrected chi connectivity index (χ4v) is 2.27. The van der Waals surface area contributed by atoms with E-state index in [4.69, 9.17) is 5.73 Å². The van der Waals surface area contributed by atoms with Crippen molar-refractivity contribution in [3.63, 3.8) is 0 Å². The predicted octanol–water partition coefficient (Wildman–Crippen LogP) is 2.68. The Hall–Kier alpha value is -1.02. The second kappa shape index (κ2) is 4.67. The number of rotatable bonds is 2. The minimum atomic E-state index is 0.318. The standard InChI is InChI=1S/C13H20N2/c1-10-6-2-4-8-12(10)15-13-9-5-3-7-11(13)14/h2,4,6,8,11,13,15H,3,5,7,9,14H2,1H3/t11-,13+/m0/s1. The molecule has 1 aromatic carbocycles. The average molecular weight is 204 g/mol. The van der Waals surface area contributed by atoms with Gasteiger partial charge in [-0.2, -0.15) is 0 Å². The Kier molecular flexibility index (Phi) is 3.27. The lowest BCUT2D eigenvalue weighted by molar-refractivity contribution is 0.404. The number of nitrogens with two attached hydrogens (primary N) is 1. The van der Waals surface area contributed by atoms with E-state index in [2.05, 4.69) is 36.5 Å². The van der Waals surface area contributed by atoms with E-state index in [0.29, 0.717) is 12.1 Å². The van der Waals surface area contributed by atoms with Gasteiger partial charge in [0, 0.05) is 17.8 Å². The molecule has 0 spiro atoms. The van der Waals surface area contributed by atoms with Gasteiger partial charge in [-0.05, 0) is 31.4 Å². The molecule has 2 heteroatoms. The van der Waals surface area contributed by atoms with Crippen molar-refractivity contribution >= 4 is 5.69 Å². The first-order chi connectivity index (χ1) is 7.27. The minimum Gasteiger partial charge on any atom is -0.381 e. The van der Waals surface area contributed by atoms with E-state index in [1.54, 1.807) is 0 Å². The van der Waals surface area contributed by atoms with Crippen LogP contribution in [-0.4, -0.2) is 12.1 Å². The molecule has 0 radical (unpaired) electrons. The lowest BCUT2D eigenvalue weighted by Gasteiger charge is -2.30. The Bertz CT molecular complexity index is 322. The molecule has 1 saturated carbocycles. The molecule has 1 aliphatic carbocycles. The molecule has 0 bridgehead atoms. The number of hydrogen-bond donors (Lipinski definition) is 2. The molecule has 15 heavy (non-hydrogen) atoms. The molecule has 0 heterocycles. The van der Waals surface area contributed by atoms with E-state index >= 15 is 0 Å². The Labute approximate surface area is 91.9 Å². The lowest BCUT2D eigenvalue weighted by Crippen LogP contribution is -2.42. The van der Waals surface area contributed by atoms with Crippen molar-refractivity contribution in [2.24, 2.45) is 5.73 Å². The fraction of sp³-hybridized carbons (Fsp3) is 0.538. The molecule has 0 aromatic heterocycles. The predicted molar refractivity (Wildman–Crippen MR) is 65.0 cm³/mol. The minimum absolute atomic E-state index is 0.318. The van der Waals surface area contributed by atoms with Gasteiger partial charge in [-0.3, -0.25) is 0 Å². The molecule has 1 aliphatic rings. The molecule has 1 aromatic rings. The van der Waals surface area contributed by atoms with Gasteiger partial charge in [0.15, 0.2) is 0 Å². The summed E-state index contributed by atoms with van der Waals surface area (Å²) in [6.45, 7) is 2.14. The summed E-state index contributed by atoms with van der Waals surface area (Å²) in [5.74, 6) is 0. The van der Waals surface area contributed by atoms with Gasteiger partial charge in [0.1, 0.15) is 0 Å². The van der Waals surface area contributed by atoms with E-state index in [1.807, 2.05) is 0 Å². The van der Waals surface area contributed by atoms with E-state index in [0.717, 1.165) is 6.42 Å². The zero-order valence-corrected chi connectivity index (χ0v) is 9.37. The second-order valence-corrected chi connectivity index (χ2v) is 4.51. The van der Waals surface area contributed by atoms with Crippen LogP contribution in [0, 0.1) is 6.92 Å². The van der Waals surface area contributed by atoms with Crippen molar-refractivity contribution in [3.05, 3.63) is 29.8 Å². The van der Waals surface area contributed by atoms with E-state index in [1.165, 1.54) is 30.5 Å². The van der Waals surface area contributed by atoms with Crippen LogP contribution in [0.3, 0.4) is 0 Å². The maximum atomic E-state index is 6.11. The van der Waals surface area contributed by atoms with Gasteiger partial charge in [0.05, 0.1) is 0 Å². The topological polar surface area (TPSA) is 38.0 Å². The molecular weight excluding hydrogens is 184 g/mol. The summed E-state index contributed by atoms with van der Waals surface area (Å²) in [4.78, 5) is 0. The first-order valence-corrected chi connectivity index (χ1v) is 5.85. The molecule has 2 atom stereocenters.